The smallest absolute Gasteiger partial charge is 0.277 e. The van der Waals surface area contributed by atoms with Gasteiger partial charge in [-0.25, -0.2) is 8.78 Å². The second-order valence-electron chi connectivity index (χ2n) is 4.23. The van der Waals surface area contributed by atoms with Crippen molar-refractivity contribution >= 4 is 21.8 Å². The molecule has 0 spiro atoms. The molecule has 0 saturated carbocycles. The summed E-state index contributed by atoms with van der Waals surface area (Å²) in [5.41, 5.74) is 5.10. The van der Waals surface area contributed by atoms with Gasteiger partial charge < -0.3 is 20.5 Å². The van der Waals surface area contributed by atoms with Gasteiger partial charge in [0.25, 0.3) is 11.8 Å². The van der Waals surface area contributed by atoms with Crippen molar-refractivity contribution in [2.45, 2.75) is 5.92 Å². The molecule has 1 aliphatic heterocycles. The average Bonchev–Trinajstić information content (AvgIpc) is 2.45. The van der Waals surface area contributed by atoms with E-state index in [2.05, 4.69) is 21.2 Å². The quantitative estimate of drug-likeness (QED) is 0.863. The first-order valence-corrected chi connectivity index (χ1v) is 6.67. The molecule has 1 aromatic rings. The molecule has 0 aliphatic carbocycles. The molecule has 0 atom stereocenters. The lowest BCUT2D eigenvalue weighted by molar-refractivity contribution is 0.0118. The number of ether oxygens (including phenoxy) is 2. The van der Waals surface area contributed by atoms with E-state index in [9.17, 15) is 13.6 Å². The number of rotatable bonds is 4. The maximum atomic E-state index is 13.0. The summed E-state index contributed by atoms with van der Waals surface area (Å²) in [6.07, 6.45) is 0. The van der Waals surface area contributed by atoms with Crippen LogP contribution in [0.1, 0.15) is 10.4 Å². The van der Waals surface area contributed by atoms with E-state index in [4.69, 9.17) is 15.2 Å². The monoisotopic (exact) mass is 350 g/mol. The third-order valence-electron chi connectivity index (χ3n) is 2.67. The summed E-state index contributed by atoms with van der Waals surface area (Å²) in [5, 5.41) is 2.14. The van der Waals surface area contributed by atoms with E-state index in [0.29, 0.717) is 29.2 Å². The number of carbonyl (C=O) groups excluding carboxylic acids is 1. The average molecular weight is 351 g/mol. The van der Waals surface area contributed by atoms with Crippen LogP contribution in [0.3, 0.4) is 0 Å². The number of nitrogens with one attached hydrogen (secondary N) is 1. The van der Waals surface area contributed by atoms with Gasteiger partial charge in [0.05, 0.1) is 17.6 Å². The van der Waals surface area contributed by atoms with Gasteiger partial charge in [-0.2, -0.15) is 0 Å². The molecule has 110 valence electrons. The SMILES string of the molecule is NCC(F)(F)CNC(=O)c1cc(Br)c2c(c1)OCCO2. The van der Waals surface area contributed by atoms with Gasteiger partial charge in [0, 0.05) is 5.56 Å². The number of fused-ring (bicyclic) bond motifs is 1. The highest BCUT2D eigenvalue weighted by Crippen LogP contribution is 2.38. The van der Waals surface area contributed by atoms with Gasteiger partial charge in [-0.15, -0.1) is 0 Å². The van der Waals surface area contributed by atoms with Gasteiger partial charge in [-0.1, -0.05) is 0 Å². The van der Waals surface area contributed by atoms with Gasteiger partial charge in [-0.3, -0.25) is 4.79 Å². The summed E-state index contributed by atoms with van der Waals surface area (Å²) in [4.78, 5) is 11.8. The zero-order valence-electron chi connectivity index (χ0n) is 10.4. The van der Waals surface area contributed by atoms with E-state index in [1.807, 2.05) is 0 Å². The number of alkyl halides is 2. The van der Waals surface area contributed by atoms with Crippen LogP contribution in [-0.2, 0) is 0 Å². The van der Waals surface area contributed by atoms with Crippen LogP contribution in [0.25, 0.3) is 0 Å². The molecule has 1 aromatic carbocycles. The fraction of sp³-hybridized carbons (Fsp3) is 0.417. The molecule has 0 bridgehead atoms. The fourth-order valence-corrected chi connectivity index (χ4v) is 2.18. The second-order valence-corrected chi connectivity index (χ2v) is 5.08. The molecule has 0 fully saturated rings. The lowest BCUT2D eigenvalue weighted by Crippen LogP contribution is -2.41. The number of hydrogen-bond acceptors (Lipinski definition) is 4. The largest absolute Gasteiger partial charge is 0.486 e. The number of nitrogens with two attached hydrogens (primary N) is 1. The Morgan fingerprint density at radius 3 is 2.80 bits per heavy atom. The summed E-state index contributed by atoms with van der Waals surface area (Å²) in [6.45, 7) is -0.845. The number of carbonyl (C=O) groups is 1. The maximum absolute atomic E-state index is 13.0. The van der Waals surface area contributed by atoms with Gasteiger partial charge in [-0.05, 0) is 28.1 Å². The summed E-state index contributed by atoms with van der Waals surface area (Å²) in [5.74, 6) is -2.85. The minimum absolute atomic E-state index is 0.203. The van der Waals surface area contributed by atoms with E-state index < -0.39 is 24.9 Å². The van der Waals surface area contributed by atoms with Crippen LogP contribution in [0.5, 0.6) is 11.5 Å². The van der Waals surface area contributed by atoms with Gasteiger partial charge >= 0.3 is 0 Å². The van der Waals surface area contributed by atoms with Crippen molar-refractivity contribution in [3.63, 3.8) is 0 Å². The lowest BCUT2D eigenvalue weighted by atomic mass is 10.1. The van der Waals surface area contributed by atoms with Crippen molar-refractivity contribution in [3.8, 4) is 11.5 Å². The van der Waals surface area contributed by atoms with Crippen LogP contribution >= 0.6 is 15.9 Å². The van der Waals surface area contributed by atoms with Crippen LogP contribution in [0.4, 0.5) is 8.78 Å². The highest BCUT2D eigenvalue weighted by Gasteiger charge is 2.28. The summed E-state index contributed by atoms with van der Waals surface area (Å²) >= 11 is 3.25. The number of hydrogen-bond donors (Lipinski definition) is 2. The minimum atomic E-state index is -3.12. The van der Waals surface area contributed by atoms with Crippen molar-refractivity contribution in [1.82, 2.24) is 5.32 Å². The summed E-state index contributed by atoms with van der Waals surface area (Å²) in [6, 6.07) is 2.94. The second kappa shape index (κ2) is 5.92. The standard InChI is InChI=1S/C12H13BrF2N2O3/c13-8-3-7(4-9-10(8)20-2-1-19-9)11(18)17-6-12(14,15)5-16/h3-4H,1-2,5-6,16H2,(H,17,18). The van der Waals surface area contributed by atoms with Gasteiger partial charge in [0.2, 0.25) is 0 Å². The Labute approximate surface area is 122 Å². The highest BCUT2D eigenvalue weighted by atomic mass is 79.9. The Morgan fingerprint density at radius 1 is 1.40 bits per heavy atom. The Balaban J connectivity index is 2.13. The molecular weight excluding hydrogens is 338 g/mol. The molecule has 1 heterocycles. The molecule has 5 nitrogen and oxygen atoms in total. The molecule has 0 saturated heterocycles. The van der Waals surface area contributed by atoms with Crippen molar-refractivity contribution in [1.29, 1.82) is 0 Å². The van der Waals surface area contributed by atoms with E-state index in [0.717, 1.165) is 0 Å². The molecule has 20 heavy (non-hydrogen) atoms. The highest BCUT2D eigenvalue weighted by molar-refractivity contribution is 9.10. The van der Waals surface area contributed by atoms with Crippen molar-refractivity contribution in [2.24, 2.45) is 5.73 Å². The van der Waals surface area contributed by atoms with E-state index in [-0.39, 0.29) is 5.56 Å². The number of benzene rings is 1. The predicted molar refractivity (Wildman–Crippen MR) is 71.5 cm³/mol. The molecule has 8 heteroatoms. The van der Waals surface area contributed by atoms with E-state index in [1.54, 1.807) is 0 Å². The van der Waals surface area contributed by atoms with Crippen LogP contribution in [0, 0.1) is 0 Å². The Kier molecular flexibility index (Phi) is 4.44. The molecule has 3 N–H and O–H groups in total. The molecule has 1 amide bonds. The van der Waals surface area contributed by atoms with Crippen LogP contribution in [0.15, 0.2) is 16.6 Å². The van der Waals surface area contributed by atoms with Gasteiger partial charge in [0.1, 0.15) is 13.2 Å². The first kappa shape index (κ1) is 15.0. The lowest BCUT2D eigenvalue weighted by Gasteiger charge is -2.20. The van der Waals surface area contributed by atoms with E-state index >= 15 is 0 Å². The van der Waals surface area contributed by atoms with E-state index in [1.165, 1.54) is 12.1 Å². The molecular formula is C12H13BrF2N2O3. The van der Waals surface area contributed by atoms with Crippen molar-refractivity contribution in [2.75, 3.05) is 26.3 Å². The fourth-order valence-electron chi connectivity index (χ4n) is 1.63. The molecule has 1 aliphatic rings. The summed E-state index contributed by atoms with van der Waals surface area (Å²) in [7, 11) is 0. The van der Waals surface area contributed by atoms with Gasteiger partial charge in [0.15, 0.2) is 11.5 Å². The predicted octanol–water partition coefficient (Wildman–Crippen LogP) is 1.54. The number of halogens is 3. The molecule has 2 rings (SSSR count). The van der Waals surface area contributed by atoms with Crippen LogP contribution < -0.4 is 20.5 Å². The Hall–Kier alpha value is -1.41. The van der Waals surface area contributed by atoms with Crippen LogP contribution in [0.2, 0.25) is 0 Å². The normalized spacial score (nSPS) is 14.0. The first-order chi connectivity index (χ1) is 9.43. The first-order valence-electron chi connectivity index (χ1n) is 5.88. The maximum Gasteiger partial charge on any atom is 0.277 e. The number of amides is 1. The Morgan fingerprint density at radius 2 is 2.10 bits per heavy atom. The molecule has 0 unspecified atom stereocenters. The minimum Gasteiger partial charge on any atom is -0.486 e. The molecule has 0 aromatic heterocycles. The molecule has 0 radical (unpaired) electrons. The van der Waals surface area contributed by atoms with Crippen molar-refractivity contribution < 1.29 is 23.0 Å². The topological polar surface area (TPSA) is 73.6 Å². The van der Waals surface area contributed by atoms with Crippen LogP contribution in [-0.4, -0.2) is 38.1 Å². The third kappa shape index (κ3) is 3.37. The Bertz CT molecular complexity index is 526. The van der Waals surface area contributed by atoms with Crippen molar-refractivity contribution in [3.05, 3.63) is 22.2 Å². The zero-order valence-corrected chi connectivity index (χ0v) is 12.0. The zero-order chi connectivity index (χ0) is 14.8. The summed E-state index contributed by atoms with van der Waals surface area (Å²) < 4.78 is 37.2. The third-order valence-corrected chi connectivity index (χ3v) is 3.25.